The van der Waals surface area contributed by atoms with E-state index >= 15 is 0 Å². The van der Waals surface area contributed by atoms with Crippen molar-refractivity contribution in [3.05, 3.63) is 111 Å². The number of unbranched alkanes of at least 4 members (excludes halogenated alkanes) is 2. The third-order valence-corrected chi connectivity index (χ3v) is 22.6. The number of β-amino-alcohol motifs (C(OH)–C–C–N with tert-alkyl or cyclic N) is 1. The second kappa shape index (κ2) is 79.7. The maximum atomic E-state index is 8.85. The maximum Gasteiger partial charge on any atom is 0.0945 e. The normalized spacial score (nSPS) is 15.2. The van der Waals surface area contributed by atoms with E-state index in [4.69, 9.17) is 19.3 Å². The van der Waals surface area contributed by atoms with Gasteiger partial charge in [-0.2, -0.15) is 10.2 Å². The number of nitrogens with zero attached hydrogens (tertiary/aromatic N) is 18. The molecule has 0 radical (unpaired) electrons. The van der Waals surface area contributed by atoms with E-state index in [1.54, 1.807) is 34.0 Å². The number of H-pyrrole nitrogens is 2. The summed E-state index contributed by atoms with van der Waals surface area (Å²) in [4.78, 5) is 42.2. The number of imidazole rings is 4. The van der Waals surface area contributed by atoms with Crippen molar-refractivity contribution in [2.45, 2.75) is 280 Å². The van der Waals surface area contributed by atoms with Crippen LogP contribution >= 0.6 is 0 Å². The van der Waals surface area contributed by atoms with Crippen molar-refractivity contribution in [1.82, 2.24) is 97.8 Å². The van der Waals surface area contributed by atoms with E-state index in [1.165, 1.54) is 232 Å². The van der Waals surface area contributed by atoms with Gasteiger partial charge in [0.1, 0.15) is 0 Å². The molecule has 0 unspecified atom stereocenters. The molecule has 4 aliphatic heterocycles. The first kappa shape index (κ1) is 118. The number of hydrogen-bond acceptors (Lipinski definition) is 18. The minimum atomic E-state index is 0.300. The lowest BCUT2D eigenvalue weighted by molar-refractivity contribution is 0.0948. The highest BCUT2D eigenvalue weighted by Crippen LogP contribution is 2.15. The lowest BCUT2D eigenvalue weighted by Crippen LogP contribution is -2.47. The van der Waals surface area contributed by atoms with Gasteiger partial charge in [0.2, 0.25) is 0 Å². The molecule has 0 bridgehead atoms. The average molecular weight is 1760 g/mol. The lowest BCUT2D eigenvalue weighted by atomic mass is 10.1. The Kier molecular flexibility index (Phi) is 75.1. The van der Waals surface area contributed by atoms with Crippen molar-refractivity contribution < 1.29 is 19.3 Å². The smallest absolute Gasteiger partial charge is 0.0945 e. The molecule has 0 aromatic carbocycles. The molecule has 24 nitrogen and oxygen atoms in total. The summed E-state index contributed by atoms with van der Waals surface area (Å²) in [5.41, 5.74) is 2.47. The van der Waals surface area contributed by atoms with Gasteiger partial charge in [-0.15, -0.1) is 0 Å². The standard InChI is InChI=1S/C14H30N2O.2C13H28N2O.C12H26N2O.2C9H16N2.3C8H14N2.C7H12N2/c1-14(2)6-4-5-7-15-8-10-16(11-9-15)12-13-17-3;1-13(2)5-4-6-14-7-9-15(10-8-14)11-12-16-3;1-13(2)5-3-4-6-14-7-9-15(10-8-14)11-12-16;1-12(2)4-5-13-6-8-14(9-7-13)10-11-15-3;1-9(2)5-3-7-11-8-4-6-10-11;1-9(2)4-3-6-11-7-5-10-8-11;1-8(2)3-5-10-6-4-9-7-10;1-8(2)4-7-10-6-3-5-9-10;1-7(2)3-4-8-5-9-6-10-8;1-6(2)3-7-4-8-5-9-7/h14H,4-13H2,1-3H3;13H,4-12H2,1-3H3;13,16H,3-12H2,1-2H3;12H,4-11H2,1-3H3;4,6,8-9H,3,5,7H2,1-2H3;5,7-9H,3-4,6H2,1-2H3;4,6-8H,3,5H2,1-2H3;3,5-6,8H,4,7H2,1-2H3;5-7H,3-4H2,1-2H3,(H,9,10);4-6H,3H2,1-2H3,(H,8,9). The topological polar surface area (TPSA) is 202 Å². The highest BCUT2D eigenvalue weighted by molar-refractivity contribution is 4.95. The van der Waals surface area contributed by atoms with Crippen LogP contribution in [0, 0.1) is 59.2 Å². The van der Waals surface area contributed by atoms with Crippen LogP contribution in [-0.4, -0.2) is 308 Å². The van der Waals surface area contributed by atoms with Crippen LogP contribution in [0.2, 0.25) is 0 Å². The number of ether oxygens (including phenoxy) is 3. The van der Waals surface area contributed by atoms with E-state index in [9.17, 15) is 0 Å². The molecule has 726 valence electrons. The van der Waals surface area contributed by atoms with Crippen LogP contribution in [0.4, 0.5) is 0 Å². The van der Waals surface area contributed by atoms with E-state index in [0.29, 0.717) is 12.5 Å². The van der Waals surface area contributed by atoms with Crippen LogP contribution in [-0.2, 0) is 53.2 Å². The molecular formula is C101H198N20O4. The number of rotatable bonds is 47. The first-order valence-electron chi connectivity index (χ1n) is 49.8. The number of aryl methyl sites for hydroxylation is 5. The van der Waals surface area contributed by atoms with Crippen molar-refractivity contribution in [3.8, 4) is 0 Å². The predicted molar refractivity (Wildman–Crippen MR) is 530 cm³/mol. The van der Waals surface area contributed by atoms with Gasteiger partial charge in [0, 0.05) is 252 Å². The summed E-state index contributed by atoms with van der Waals surface area (Å²) < 4.78 is 23.5. The number of methoxy groups -OCH3 is 3. The number of aromatic nitrogens is 12. The zero-order valence-electron chi connectivity index (χ0n) is 85.1. The summed E-state index contributed by atoms with van der Waals surface area (Å²) >= 11 is 0. The third kappa shape index (κ3) is 74.2. The number of aromatic amines is 2. The summed E-state index contributed by atoms with van der Waals surface area (Å²) in [6, 6.07) is 3.93. The van der Waals surface area contributed by atoms with Gasteiger partial charge in [-0.05, 0) is 187 Å². The highest BCUT2D eigenvalue weighted by atomic mass is 16.5. The first-order valence-corrected chi connectivity index (χ1v) is 49.8. The molecule has 4 aliphatic rings. The van der Waals surface area contributed by atoms with Crippen LogP contribution in [0.3, 0.4) is 0 Å². The Morgan fingerprint density at radius 2 is 0.608 bits per heavy atom. The average Bonchev–Trinajstić information content (AvgIpc) is 1.65. The lowest BCUT2D eigenvalue weighted by Gasteiger charge is -2.34. The molecule has 4 fully saturated rings. The monoisotopic (exact) mass is 1760 g/mol. The molecule has 125 heavy (non-hydrogen) atoms. The van der Waals surface area contributed by atoms with Gasteiger partial charge in [-0.1, -0.05) is 164 Å². The molecule has 0 atom stereocenters. The fraction of sp³-hybridized carbons (Fsp3) is 0.822. The van der Waals surface area contributed by atoms with Crippen LogP contribution in [0.5, 0.6) is 0 Å². The van der Waals surface area contributed by atoms with Gasteiger partial charge in [0.25, 0.3) is 0 Å². The van der Waals surface area contributed by atoms with Crippen LogP contribution < -0.4 is 0 Å². The Morgan fingerprint density at radius 3 is 0.936 bits per heavy atom. The van der Waals surface area contributed by atoms with E-state index < -0.39 is 0 Å². The summed E-state index contributed by atoms with van der Waals surface area (Å²) in [6.45, 7) is 81.0. The number of hydrogen-bond donors (Lipinski definition) is 3. The summed E-state index contributed by atoms with van der Waals surface area (Å²) in [5.74, 6) is 8.06. The van der Waals surface area contributed by atoms with Crippen molar-refractivity contribution >= 4 is 0 Å². The Morgan fingerprint density at radius 1 is 0.296 bits per heavy atom. The van der Waals surface area contributed by atoms with Crippen molar-refractivity contribution in [2.24, 2.45) is 59.2 Å². The molecule has 3 N–H and O–H groups in total. The largest absolute Gasteiger partial charge is 0.395 e. The van der Waals surface area contributed by atoms with E-state index in [2.05, 4.69) is 227 Å². The number of piperazine rings is 4. The Labute approximate surface area is 768 Å². The van der Waals surface area contributed by atoms with Crippen molar-refractivity contribution in [2.75, 3.05) is 205 Å². The van der Waals surface area contributed by atoms with Gasteiger partial charge >= 0.3 is 0 Å². The van der Waals surface area contributed by atoms with E-state index in [0.717, 1.165) is 151 Å². The molecule has 10 rings (SSSR count). The minimum absolute atomic E-state index is 0.300. The highest BCUT2D eigenvalue weighted by Gasteiger charge is 2.20. The fourth-order valence-electron chi connectivity index (χ4n) is 14.2. The van der Waals surface area contributed by atoms with Gasteiger partial charge in [-0.25, -0.2) is 19.9 Å². The predicted octanol–water partition coefficient (Wildman–Crippen LogP) is 18.6. The van der Waals surface area contributed by atoms with Crippen LogP contribution in [0.15, 0.2) is 99.4 Å². The molecule has 0 amide bonds. The quantitative estimate of drug-likeness (QED) is 0.0304. The van der Waals surface area contributed by atoms with E-state index in [1.807, 2.05) is 96.1 Å². The molecule has 6 aromatic heterocycles. The molecule has 4 saturated heterocycles. The molecule has 0 saturated carbocycles. The van der Waals surface area contributed by atoms with Gasteiger partial charge < -0.3 is 58.0 Å². The Hall–Kier alpha value is -5.22. The zero-order chi connectivity index (χ0) is 92.3. The number of nitrogens with one attached hydrogen (secondary N) is 2. The van der Waals surface area contributed by atoms with E-state index in [-0.39, 0.29) is 0 Å². The molecular weight excluding hydrogens is 1560 g/mol. The fourth-order valence-corrected chi connectivity index (χ4v) is 14.2. The van der Waals surface area contributed by atoms with Crippen molar-refractivity contribution in [3.63, 3.8) is 0 Å². The SMILES string of the molecule is CC(C)CCCCN1CCN(CCO)CC1.CC(C)CCCn1cccn1.CC(C)CCCn1ccnc1.CC(C)CCc1cnc[nH]1.CC(C)CCn1cccn1.CC(C)CCn1ccnc1.CC(C)Cc1cnc[nH]1.COCCN1CCN(CCC(C)C)CC1.COCCN1CCN(CCCC(C)C)CC1.COCCN1CCN(CCCCC(C)C)CC1. The Balaban J connectivity index is 0.000000699. The van der Waals surface area contributed by atoms with Crippen LogP contribution in [0.1, 0.15) is 253 Å². The minimum Gasteiger partial charge on any atom is -0.395 e. The molecule has 0 spiro atoms. The summed E-state index contributed by atoms with van der Waals surface area (Å²) in [7, 11) is 5.34. The molecule has 0 aliphatic carbocycles. The second-order valence-corrected chi connectivity index (χ2v) is 39.2. The third-order valence-electron chi connectivity index (χ3n) is 22.6. The summed E-state index contributed by atoms with van der Waals surface area (Å²) in [6.07, 6.45) is 49.6. The second-order valence-electron chi connectivity index (χ2n) is 39.2. The zero-order valence-corrected chi connectivity index (χ0v) is 85.1. The van der Waals surface area contributed by atoms with Gasteiger partial charge in [-0.3, -0.25) is 29.0 Å². The molecule has 6 aromatic rings. The molecule has 10 heterocycles. The van der Waals surface area contributed by atoms with Gasteiger partial charge in [0.15, 0.2) is 0 Å². The number of aliphatic hydroxyl groups is 1. The number of aliphatic hydroxyl groups excluding tert-OH is 1. The Bertz CT molecular complexity index is 2880. The summed E-state index contributed by atoms with van der Waals surface area (Å²) in [5, 5.41) is 17.1. The van der Waals surface area contributed by atoms with Crippen molar-refractivity contribution in [1.29, 1.82) is 0 Å². The first-order chi connectivity index (χ1) is 60.1. The molecule has 24 heteroatoms. The van der Waals surface area contributed by atoms with Gasteiger partial charge in [0.05, 0.1) is 51.7 Å². The maximum absolute atomic E-state index is 8.85. The van der Waals surface area contributed by atoms with Crippen LogP contribution in [0.25, 0.3) is 0 Å².